The molecule has 0 bridgehead atoms. The first-order chi connectivity index (χ1) is 9.59. The van der Waals surface area contributed by atoms with Gasteiger partial charge in [-0.25, -0.2) is 0 Å². The van der Waals surface area contributed by atoms with Crippen LogP contribution in [-0.2, 0) is 13.6 Å². The molecule has 0 radical (unpaired) electrons. The third-order valence-corrected chi connectivity index (χ3v) is 4.17. The van der Waals surface area contributed by atoms with Crippen LogP contribution in [0.25, 0.3) is 0 Å². The van der Waals surface area contributed by atoms with Gasteiger partial charge in [-0.2, -0.15) is 5.10 Å². The fourth-order valence-electron chi connectivity index (χ4n) is 2.35. The number of hydrogen-bond acceptors (Lipinski definition) is 2. The van der Waals surface area contributed by atoms with Crippen LogP contribution < -0.4 is 5.32 Å². The number of aryl methyl sites for hydroxylation is 2. The average molecular weight is 292 g/mol. The highest BCUT2D eigenvalue weighted by Crippen LogP contribution is 2.20. The van der Waals surface area contributed by atoms with Crippen molar-refractivity contribution in [2.75, 3.05) is 6.54 Å². The van der Waals surface area contributed by atoms with E-state index in [0.717, 1.165) is 35.9 Å². The molecule has 0 saturated heterocycles. The molecule has 108 valence electrons. The normalized spacial score (nSPS) is 12.6. The third kappa shape index (κ3) is 3.62. The number of rotatable bonds is 6. The van der Waals surface area contributed by atoms with Crippen LogP contribution in [0, 0.1) is 6.92 Å². The summed E-state index contributed by atoms with van der Waals surface area (Å²) < 4.78 is 1.85. The molecule has 0 aliphatic rings. The minimum absolute atomic E-state index is 0.562. The third-order valence-electron chi connectivity index (χ3n) is 3.68. The van der Waals surface area contributed by atoms with Crippen molar-refractivity contribution >= 4 is 11.6 Å². The zero-order valence-electron chi connectivity index (χ0n) is 12.4. The first-order valence-corrected chi connectivity index (χ1v) is 7.41. The lowest BCUT2D eigenvalue weighted by atomic mass is 9.98. The van der Waals surface area contributed by atoms with Gasteiger partial charge in [0.15, 0.2) is 0 Å². The molecule has 1 aromatic heterocycles. The van der Waals surface area contributed by atoms with Gasteiger partial charge in [-0.1, -0.05) is 48.9 Å². The maximum Gasteiger partial charge on any atom is 0.0860 e. The highest BCUT2D eigenvalue weighted by atomic mass is 35.5. The number of halogens is 1. The maximum atomic E-state index is 6.23. The van der Waals surface area contributed by atoms with E-state index in [1.54, 1.807) is 0 Å². The molecule has 0 spiro atoms. The number of nitrogens with zero attached hydrogens (tertiary/aromatic N) is 2. The second kappa shape index (κ2) is 6.91. The average Bonchev–Trinajstić information content (AvgIpc) is 2.70. The Bertz CT molecular complexity index is 548. The molecule has 1 aromatic carbocycles. The lowest BCUT2D eigenvalue weighted by Gasteiger charge is -2.12. The molecule has 1 unspecified atom stereocenters. The number of hydrogen-bond donors (Lipinski definition) is 1. The van der Waals surface area contributed by atoms with Crippen molar-refractivity contribution in [1.82, 2.24) is 15.1 Å². The predicted molar refractivity (Wildman–Crippen MR) is 84.1 cm³/mol. The predicted octanol–water partition coefficient (Wildman–Crippen LogP) is 3.67. The molecular formula is C16H22ClN3. The molecule has 2 aromatic rings. The molecule has 2 rings (SSSR count). The molecule has 0 fully saturated rings. The fourth-order valence-corrected chi connectivity index (χ4v) is 2.57. The van der Waals surface area contributed by atoms with Crippen LogP contribution in [0.4, 0.5) is 0 Å². The Labute approximate surface area is 126 Å². The number of nitrogens with one attached hydrogen (secondary N) is 1. The summed E-state index contributed by atoms with van der Waals surface area (Å²) in [6.07, 6.45) is 1.11. The van der Waals surface area contributed by atoms with E-state index in [1.807, 2.05) is 18.7 Å². The van der Waals surface area contributed by atoms with E-state index < -0.39 is 0 Å². The quantitative estimate of drug-likeness (QED) is 0.823. The highest BCUT2D eigenvalue weighted by molar-refractivity contribution is 6.31. The van der Waals surface area contributed by atoms with Crippen molar-refractivity contribution in [3.63, 3.8) is 0 Å². The monoisotopic (exact) mass is 291 g/mol. The fraction of sp³-hybridized carbons (Fsp3) is 0.438. The molecule has 1 atom stereocenters. The van der Waals surface area contributed by atoms with E-state index in [2.05, 4.69) is 47.7 Å². The van der Waals surface area contributed by atoms with Gasteiger partial charge in [0.05, 0.1) is 16.4 Å². The Morgan fingerprint density at radius 3 is 2.60 bits per heavy atom. The summed E-state index contributed by atoms with van der Waals surface area (Å²) in [7, 11) is 1.93. The molecule has 1 N–H and O–H groups in total. The Morgan fingerprint density at radius 1 is 1.30 bits per heavy atom. The van der Waals surface area contributed by atoms with Gasteiger partial charge in [0.25, 0.3) is 0 Å². The summed E-state index contributed by atoms with van der Waals surface area (Å²) in [5.41, 5.74) is 3.34. The van der Waals surface area contributed by atoms with Gasteiger partial charge in [0.1, 0.15) is 0 Å². The van der Waals surface area contributed by atoms with Gasteiger partial charge in [-0.15, -0.1) is 0 Å². The Hall–Kier alpha value is -1.32. The van der Waals surface area contributed by atoms with Gasteiger partial charge in [0, 0.05) is 13.6 Å². The SMILES string of the molecule is Cc1nn(C)c(CNCCC(C)c2ccccc2)c1Cl. The summed E-state index contributed by atoms with van der Waals surface area (Å²) in [4.78, 5) is 0. The van der Waals surface area contributed by atoms with E-state index >= 15 is 0 Å². The molecule has 0 amide bonds. The lowest BCUT2D eigenvalue weighted by molar-refractivity contribution is 0.572. The Kier molecular flexibility index (Phi) is 5.21. The zero-order chi connectivity index (χ0) is 14.5. The summed E-state index contributed by atoms with van der Waals surface area (Å²) in [6, 6.07) is 10.6. The molecule has 3 nitrogen and oxygen atoms in total. The minimum atomic E-state index is 0.562. The zero-order valence-corrected chi connectivity index (χ0v) is 13.1. The first-order valence-electron chi connectivity index (χ1n) is 7.03. The smallest absolute Gasteiger partial charge is 0.0860 e. The van der Waals surface area contributed by atoms with E-state index in [4.69, 9.17) is 11.6 Å². The molecular weight excluding hydrogens is 270 g/mol. The van der Waals surface area contributed by atoms with Crippen LogP contribution in [0.1, 0.15) is 36.2 Å². The summed E-state index contributed by atoms with van der Waals surface area (Å²) in [5.74, 6) is 0.562. The van der Waals surface area contributed by atoms with E-state index in [0.29, 0.717) is 5.92 Å². The molecule has 4 heteroatoms. The van der Waals surface area contributed by atoms with Gasteiger partial charge in [-0.3, -0.25) is 4.68 Å². The molecule has 0 aliphatic heterocycles. The van der Waals surface area contributed by atoms with Crippen LogP contribution in [0.2, 0.25) is 5.02 Å². The first kappa shape index (κ1) is 15.1. The number of aromatic nitrogens is 2. The molecule has 20 heavy (non-hydrogen) atoms. The second-order valence-corrected chi connectivity index (χ2v) is 5.62. The second-order valence-electron chi connectivity index (χ2n) is 5.25. The summed E-state index contributed by atoms with van der Waals surface area (Å²) >= 11 is 6.23. The largest absolute Gasteiger partial charge is 0.311 e. The number of benzene rings is 1. The topological polar surface area (TPSA) is 29.9 Å². The van der Waals surface area contributed by atoms with Crippen molar-refractivity contribution in [3.8, 4) is 0 Å². The lowest BCUT2D eigenvalue weighted by Crippen LogP contribution is -2.18. The molecule has 0 saturated carbocycles. The summed E-state index contributed by atoms with van der Waals surface area (Å²) in [5, 5.41) is 8.54. The van der Waals surface area contributed by atoms with E-state index in [-0.39, 0.29) is 0 Å². The van der Waals surface area contributed by atoms with Gasteiger partial charge >= 0.3 is 0 Å². The van der Waals surface area contributed by atoms with Crippen molar-refractivity contribution < 1.29 is 0 Å². The Balaban J connectivity index is 1.79. The van der Waals surface area contributed by atoms with Crippen LogP contribution in [0.15, 0.2) is 30.3 Å². The van der Waals surface area contributed by atoms with Crippen molar-refractivity contribution in [2.24, 2.45) is 7.05 Å². The van der Waals surface area contributed by atoms with Crippen molar-refractivity contribution in [3.05, 3.63) is 52.3 Å². The van der Waals surface area contributed by atoms with E-state index in [1.165, 1.54) is 5.56 Å². The van der Waals surface area contributed by atoms with Gasteiger partial charge < -0.3 is 5.32 Å². The van der Waals surface area contributed by atoms with Crippen LogP contribution >= 0.6 is 11.6 Å². The molecule has 0 aliphatic carbocycles. The standard InChI is InChI=1S/C16H22ClN3/c1-12(14-7-5-4-6-8-14)9-10-18-11-15-16(17)13(2)19-20(15)3/h4-8,12,18H,9-11H2,1-3H3. The van der Waals surface area contributed by atoms with Crippen LogP contribution in [0.3, 0.4) is 0 Å². The highest BCUT2D eigenvalue weighted by Gasteiger charge is 2.10. The van der Waals surface area contributed by atoms with Crippen LogP contribution in [0.5, 0.6) is 0 Å². The van der Waals surface area contributed by atoms with Crippen molar-refractivity contribution in [2.45, 2.75) is 32.7 Å². The maximum absolute atomic E-state index is 6.23. The minimum Gasteiger partial charge on any atom is -0.311 e. The Morgan fingerprint density at radius 2 is 2.00 bits per heavy atom. The summed E-state index contributed by atoms with van der Waals surface area (Å²) in [6.45, 7) is 5.93. The van der Waals surface area contributed by atoms with Gasteiger partial charge in [-0.05, 0) is 31.4 Å². The van der Waals surface area contributed by atoms with Crippen molar-refractivity contribution in [1.29, 1.82) is 0 Å². The molecule has 1 heterocycles. The van der Waals surface area contributed by atoms with Crippen LogP contribution in [-0.4, -0.2) is 16.3 Å². The van der Waals surface area contributed by atoms with E-state index in [9.17, 15) is 0 Å². The van der Waals surface area contributed by atoms with Gasteiger partial charge in [0.2, 0.25) is 0 Å².